The lowest BCUT2D eigenvalue weighted by Gasteiger charge is -2.09. The van der Waals surface area contributed by atoms with Gasteiger partial charge >= 0.3 is 0 Å². The number of hydrogen-bond acceptors (Lipinski definition) is 0. The Labute approximate surface area is 146 Å². The average Bonchev–Trinajstić information content (AvgIpc) is 2.66. The summed E-state index contributed by atoms with van der Waals surface area (Å²) in [6, 6.07) is 21.6. The van der Waals surface area contributed by atoms with Crippen LogP contribution in [0.2, 0.25) is 0 Å². The van der Waals surface area contributed by atoms with Crippen LogP contribution in [0.4, 0.5) is 0 Å². The minimum Gasteiger partial charge on any atom is -0.118 e. The number of allylic oxidation sites excluding steroid dienone is 3. The van der Waals surface area contributed by atoms with Gasteiger partial charge in [-0.25, -0.2) is 0 Å². The van der Waals surface area contributed by atoms with E-state index in [1.807, 2.05) is 0 Å². The second-order valence-corrected chi connectivity index (χ2v) is 6.52. The first kappa shape index (κ1) is 16.6. The Morgan fingerprint density at radius 3 is 1.88 bits per heavy atom. The largest absolute Gasteiger partial charge is 0.118 e. The van der Waals surface area contributed by atoms with Gasteiger partial charge in [-0.2, -0.15) is 0 Å². The van der Waals surface area contributed by atoms with Crippen LogP contribution >= 0.6 is 0 Å². The first-order valence-electron chi connectivity index (χ1n) is 9.12. The van der Waals surface area contributed by atoms with Gasteiger partial charge in [0.2, 0.25) is 0 Å². The van der Waals surface area contributed by atoms with Crippen molar-refractivity contribution in [1.29, 1.82) is 0 Å². The van der Waals surface area contributed by atoms with Crippen LogP contribution in [0.15, 0.2) is 89.7 Å². The van der Waals surface area contributed by atoms with Gasteiger partial charge in [0.15, 0.2) is 0 Å². The maximum Gasteiger partial charge on any atom is -0.00639 e. The SMILES string of the molecule is C(=C1C=CCCC1)=C(CCc1ccccc1)CCc1ccccc1. The molecule has 0 heterocycles. The van der Waals surface area contributed by atoms with Gasteiger partial charge < -0.3 is 0 Å². The van der Waals surface area contributed by atoms with Crippen LogP contribution in [0, 0.1) is 0 Å². The van der Waals surface area contributed by atoms with Crippen molar-refractivity contribution < 1.29 is 0 Å². The van der Waals surface area contributed by atoms with Gasteiger partial charge in [0.25, 0.3) is 0 Å². The molecular weight excluding hydrogens is 288 g/mol. The van der Waals surface area contributed by atoms with E-state index in [1.165, 1.54) is 41.5 Å². The highest BCUT2D eigenvalue weighted by molar-refractivity contribution is 5.25. The molecule has 24 heavy (non-hydrogen) atoms. The molecule has 0 radical (unpaired) electrons. The van der Waals surface area contributed by atoms with Crippen LogP contribution in [0.3, 0.4) is 0 Å². The topological polar surface area (TPSA) is 0 Å². The number of rotatable bonds is 6. The first-order valence-corrected chi connectivity index (χ1v) is 9.12. The van der Waals surface area contributed by atoms with Gasteiger partial charge in [0, 0.05) is 0 Å². The minimum atomic E-state index is 1.11. The molecule has 0 saturated heterocycles. The molecule has 0 fully saturated rings. The van der Waals surface area contributed by atoms with Crippen molar-refractivity contribution in [1.82, 2.24) is 0 Å². The molecule has 3 rings (SSSR count). The molecule has 0 spiro atoms. The number of aryl methyl sites for hydroxylation is 2. The lowest BCUT2D eigenvalue weighted by molar-refractivity contribution is 0.810. The van der Waals surface area contributed by atoms with E-state index in [0.29, 0.717) is 0 Å². The van der Waals surface area contributed by atoms with E-state index in [4.69, 9.17) is 0 Å². The third-order valence-electron chi connectivity index (χ3n) is 4.59. The highest BCUT2D eigenvalue weighted by Crippen LogP contribution is 2.19. The molecule has 2 aromatic rings. The van der Waals surface area contributed by atoms with Crippen LogP contribution in [0.25, 0.3) is 0 Å². The van der Waals surface area contributed by atoms with Gasteiger partial charge in [-0.1, -0.05) is 72.8 Å². The molecule has 0 heteroatoms. The lowest BCUT2D eigenvalue weighted by Crippen LogP contribution is -1.94. The Morgan fingerprint density at radius 1 is 0.792 bits per heavy atom. The summed E-state index contributed by atoms with van der Waals surface area (Å²) >= 11 is 0. The summed E-state index contributed by atoms with van der Waals surface area (Å²) in [5.41, 5.74) is 9.43. The normalized spacial score (nSPS) is 13.6. The van der Waals surface area contributed by atoms with Crippen molar-refractivity contribution >= 4 is 0 Å². The third-order valence-corrected chi connectivity index (χ3v) is 4.59. The predicted octanol–water partition coefficient (Wildman–Crippen LogP) is 6.44. The molecule has 0 nitrogen and oxygen atoms in total. The van der Waals surface area contributed by atoms with Crippen molar-refractivity contribution in [2.45, 2.75) is 44.9 Å². The summed E-state index contributed by atoms with van der Waals surface area (Å²) in [4.78, 5) is 0. The van der Waals surface area contributed by atoms with Crippen molar-refractivity contribution in [3.05, 3.63) is 101 Å². The Balaban J connectivity index is 1.72. The predicted molar refractivity (Wildman–Crippen MR) is 103 cm³/mol. The van der Waals surface area contributed by atoms with Crippen LogP contribution < -0.4 is 0 Å². The molecule has 0 atom stereocenters. The molecule has 0 unspecified atom stereocenters. The van der Waals surface area contributed by atoms with Crippen LogP contribution in [0.1, 0.15) is 43.2 Å². The molecule has 1 aliphatic carbocycles. The monoisotopic (exact) mass is 314 g/mol. The number of hydrogen-bond donors (Lipinski definition) is 0. The van der Waals surface area contributed by atoms with Crippen LogP contribution in [-0.2, 0) is 12.8 Å². The van der Waals surface area contributed by atoms with E-state index in [-0.39, 0.29) is 0 Å². The van der Waals surface area contributed by atoms with Crippen molar-refractivity contribution in [2.75, 3.05) is 0 Å². The van der Waals surface area contributed by atoms with Gasteiger partial charge in [-0.15, -0.1) is 5.73 Å². The summed E-state index contributed by atoms with van der Waals surface area (Å²) in [6.45, 7) is 0. The molecule has 0 aliphatic heterocycles. The van der Waals surface area contributed by atoms with E-state index in [2.05, 4.69) is 78.5 Å². The van der Waals surface area contributed by atoms with Crippen molar-refractivity contribution in [2.24, 2.45) is 0 Å². The Bertz CT molecular complexity index is 668. The Hall–Kier alpha value is -2.30. The quantitative estimate of drug-likeness (QED) is 0.538. The van der Waals surface area contributed by atoms with Crippen molar-refractivity contribution in [3.8, 4) is 0 Å². The fourth-order valence-corrected chi connectivity index (χ4v) is 3.18. The molecule has 0 aromatic heterocycles. The fourth-order valence-electron chi connectivity index (χ4n) is 3.18. The van der Waals surface area contributed by atoms with E-state index in [1.54, 1.807) is 0 Å². The summed E-state index contributed by atoms with van der Waals surface area (Å²) in [6.07, 6.45) is 12.6. The molecule has 1 aliphatic rings. The molecule has 0 amide bonds. The van der Waals surface area contributed by atoms with E-state index >= 15 is 0 Å². The molecule has 122 valence electrons. The number of benzene rings is 2. The highest BCUT2D eigenvalue weighted by Gasteiger charge is 2.03. The second kappa shape index (κ2) is 9.11. The molecule has 2 aromatic carbocycles. The zero-order valence-corrected chi connectivity index (χ0v) is 14.4. The Kier molecular flexibility index (Phi) is 6.28. The fraction of sp³-hybridized carbons (Fsp3) is 0.292. The highest BCUT2D eigenvalue weighted by atomic mass is 14.1. The van der Waals surface area contributed by atoms with Gasteiger partial charge in [0.05, 0.1) is 0 Å². The van der Waals surface area contributed by atoms with E-state index < -0.39 is 0 Å². The zero-order valence-electron chi connectivity index (χ0n) is 14.4. The standard InChI is InChI=1S/C24H26/c1-4-10-21(11-5-1)16-18-24(20-23-14-8-3-9-15-23)19-17-22-12-6-2-7-13-22/h1-2,4-8,10-14H,3,9,15-19H2. The maximum atomic E-state index is 3.74. The summed E-state index contributed by atoms with van der Waals surface area (Å²) in [5.74, 6) is 0. The zero-order chi connectivity index (χ0) is 16.5. The van der Waals surface area contributed by atoms with Crippen molar-refractivity contribution in [3.63, 3.8) is 0 Å². The minimum absolute atomic E-state index is 1.11. The van der Waals surface area contributed by atoms with Gasteiger partial charge in [-0.05, 0) is 67.2 Å². The average molecular weight is 314 g/mol. The summed E-state index contributed by atoms with van der Waals surface area (Å²) in [5, 5.41) is 0. The smallest absolute Gasteiger partial charge is 0.00639 e. The second-order valence-electron chi connectivity index (χ2n) is 6.52. The molecule has 0 saturated carbocycles. The van der Waals surface area contributed by atoms with E-state index in [0.717, 1.165) is 25.7 Å². The molecular formula is C24H26. The Morgan fingerprint density at radius 2 is 1.38 bits per heavy atom. The van der Waals surface area contributed by atoms with Gasteiger partial charge in [-0.3, -0.25) is 0 Å². The van der Waals surface area contributed by atoms with Crippen LogP contribution in [-0.4, -0.2) is 0 Å². The third kappa shape index (κ3) is 5.41. The first-order chi connectivity index (χ1) is 11.9. The summed E-state index contributed by atoms with van der Waals surface area (Å²) in [7, 11) is 0. The molecule has 0 N–H and O–H groups in total. The maximum absolute atomic E-state index is 3.74. The van der Waals surface area contributed by atoms with Gasteiger partial charge in [0.1, 0.15) is 0 Å². The van der Waals surface area contributed by atoms with Crippen LogP contribution in [0.5, 0.6) is 0 Å². The summed E-state index contributed by atoms with van der Waals surface area (Å²) < 4.78 is 0. The lowest BCUT2D eigenvalue weighted by atomic mass is 9.96. The molecule has 0 bridgehead atoms. The van der Waals surface area contributed by atoms with E-state index in [9.17, 15) is 0 Å².